The number of para-hydroxylation sites is 2. The highest BCUT2D eigenvalue weighted by Crippen LogP contribution is 2.12. The van der Waals surface area contributed by atoms with Crippen molar-refractivity contribution >= 4 is 16.9 Å². The predicted octanol–water partition coefficient (Wildman–Crippen LogP) is 0.939. The van der Waals surface area contributed by atoms with Crippen LogP contribution >= 0.6 is 0 Å². The molecule has 1 aromatic carbocycles. The molecule has 0 saturated carbocycles. The van der Waals surface area contributed by atoms with Crippen LogP contribution in [0, 0.1) is 0 Å². The summed E-state index contributed by atoms with van der Waals surface area (Å²) in [7, 11) is 0. The van der Waals surface area contributed by atoms with Crippen molar-refractivity contribution in [3.63, 3.8) is 0 Å². The Labute approximate surface area is 130 Å². The zero-order chi connectivity index (χ0) is 15.9. The average molecular weight is 304 g/mol. The maximum absolute atomic E-state index is 12.4. The molecule has 0 bridgehead atoms. The number of aryl methyl sites for hydroxylation is 1. The van der Waals surface area contributed by atoms with Crippen LogP contribution in [0.25, 0.3) is 11.0 Å². The minimum atomic E-state index is -0.139. The minimum Gasteiger partial charge on any atom is -0.353 e. The van der Waals surface area contributed by atoms with E-state index in [9.17, 15) is 9.59 Å². The normalized spacial score (nSPS) is 11.0. The molecule has 1 heterocycles. The second-order valence-electron chi connectivity index (χ2n) is 5.20. The molecule has 0 aliphatic carbocycles. The number of hydrogen-bond acceptors (Lipinski definition) is 3. The van der Waals surface area contributed by atoms with Crippen LogP contribution in [-0.2, 0) is 17.9 Å². The minimum absolute atomic E-state index is 0.0557. The van der Waals surface area contributed by atoms with Crippen LogP contribution in [-0.4, -0.2) is 34.7 Å². The molecular weight excluding hydrogens is 280 g/mol. The van der Waals surface area contributed by atoms with E-state index in [1.54, 1.807) is 4.57 Å². The van der Waals surface area contributed by atoms with E-state index < -0.39 is 0 Å². The number of imidazole rings is 1. The summed E-state index contributed by atoms with van der Waals surface area (Å²) in [5.74, 6) is -0.139. The van der Waals surface area contributed by atoms with Crippen LogP contribution in [0.2, 0.25) is 0 Å². The number of amides is 1. The molecule has 2 N–H and O–H groups in total. The van der Waals surface area contributed by atoms with Gasteiger partial charge in [0.1, 0.15) is 6.54 Å². The lowest BCUT2D eigenvalue weighted by atomic mass is 10.3. The first kappa shape index (κ1) is 16.3. The average Bonchev–Trinajstić information content (AvgIpc) is 2.79. The van der Waals surface area contributed by atoms with Gasteiger partial charge in [0.2, 0.25) is 5.91 Å². The van der Waals surface area contributed by atoms with E-state index in [4.69, 9.17) is 0 Å². The molecule has 0 radical (unpaired) electrons. The van der Waals surface area contributed by atoms with Gasteiger partial charge in [0, 0.05) is 19.6 Å². The fourth-order valence-electron chi connectivity index (χ4n) is 2.52. The number of carbonyl (C=O) groups excluding carboxylic acids is 1. The first-order valence-electron chi connectivity index (χ1n) is 7.84. The summed E-state index contributed by atoms with van der Waals surface area (Å²) in [5, 5.41) is 6.06. The monoisotopic (exact) mass is 304 g/mol. The Hall–Kier alpha value is -2.08. The molecule has 2 aromatic rings. The Morgan fingerprint density at radius 2 is 1.73 bits per heavy atom. The Kier molecular flexibility index (Phi) is 5.77. The van der Waals surface area contributed by atoms with Gasteiger partial charge in [-0.15, -0.1) is 0 Å². The molecule has 0 aliphatic heterocycles. The second kappa shape index (κ2) is 7.79. The summed E-state index contributed by atoms with van der Waals surface area (Å²) in [4.78, 5) is 24.4. The summed E-state index contributed by atoms with van der Waals surface area (Å²) in [6.07, 6.45) is 1.07. The summed E-state index contributed by atoms with van der Waals surface area (Å²) in [6.45, 7) is 6.93. The first-order valence-corrected chi connectivity index (χ1v) is 7.84. The van der Waals surface area contributed by atoms with Crippen LogP contribution in [0.15, 0.2) is 29.1 Å². The van der Waals surface area contributed by atoms with E-state index in [0.29, 0.717) is 13.1 Å². The predicted molar refractivity (Wildman–Crippen MR) is 88.0 cm³/mol. The van der Waals surface area contributed by atoms with Crippen LogP contribution in [0.5, 0.6) is 0 Å². The van der Waals surface area contributed by atoms with Crippen molar-refractivity contribution in [3.8, 4) is 0 Å². The number of nitrogens with one attached hydrogen (secondary N) is 2. The van der Waals surface area contributed by atoms with Gasteiger partial charge in [0.15, 0.2) is 0 Å². The summed E-state index contributed by atoms with van der Waals surface area (Å²) in [5.41, 5.74) is 1.53. The van der Waals surface area contributed by atoms with Gasteiger partial charge in [-0.2, -0.15) is 0 Å². The van der Waals surface area contributed by atoms with Crippen molar-refractivity contribution in [1.29, 1.82) is 0 Å². The topological polar surface area (TPSA) is 68.1 Å². The van der Waals surface area contributed by atoms with Crippen molar-refractivity contribution in [2.24, 2.45) is 0 Å². The molecule has 2 rings (SSSR count). The highest BCUT2D eigenvalue weighted by molar-refractivity contribution is 5.80. The lowest BCUT2D eigenvalue weighted by molar-refractivity contribution is -0.121. The molecule has 0 fully saturated rings. The highest BCUT2D eigenvalue weighted by Gasteiger charge is 2.13. The lowest BCUT2D eigenvalue weighted by Crippen LogP contribution is -2.36. The fourth-order valence-corrected chi connectivity index (χ4v) is 2.52. The number of fused-ring (bicyclic) bond motifs is 1. The third kappa shape index (κ3) is 3.57. The van der Waals surface area contributed by atoms with E-state index in [1.807, 2.05) is 31.2 Å². The molecule has 0 spiro atoms. The van der Waals surface area contributed by atoms with Crippen molar-refractivity contribution in [2.45, 2.75) is 33.4 Å². The third-order valence-electron chi connectivity index (χ3n) is 3.59. The van der Waals surface area contributed by atoms with Crippen molar-refractivity contribution < 1.29 is 4.79 Å². The maximum Gasteiger partial charge on any atom is 0.329 e. The Morgan fingerprint density at radius 1 is 1.05 bits per heavy atom. The first-order chi connectivity index (χ1) is 10.7. The van der Waals surface area contributed by atoms with E-state index in [1.165, 1.54) is 4.57 Å². The van der Waals surface area contributed by atoms with Crippen LogP contribution < -0.4 is 16.3 Å². The number of aromatic nitrogens is 2. The van der Waals surface area contributed by atoms with Crippen molar-refractivity contribution in [1.82, 2.24) is 19.8 Å². The fraction of sp³-hybridized carbons (Fsp3) is 0.500. The van der Waals surface area contributed by atoms with Gasteiger partial charge in [0.25, 0.3) is 0 Å². The van der Waals surface area contributed by atoms with Gasteiger partial charge in [-0.3, -0.25) is 13.9 Å². The van der Waals surface area contributed by atoms with Gasteiger partial charge in [-0.1, -0.05) is 19.1 Å². The molecule has 6 heteroatoms. The molecule has 1 aromatic heterocycles. The number of hydrogen-bond donors (Lipinski definition) is 2. The number of benzene rings is 1. The number of carbonyl (C=O) groups is 1. The van der Waals surface area contributed by atoms with E-state index >= 15 is 0 Å². The third-order valence-corrected chi connectivity index (χ3v) is 3.59. The molecule has 0 aliphatic rings. The van der Waals surface area contributed by atoms with Crippen molar-refractivity contribution in [2.75, 3.05) is 19.6 Å². The standard InChI is InChI=1S/C16H24N4O2/c1-3-9-17-10-11-18-15(21)12-20-14-8-6-5-7-13(14)19(4-2)16(20)22/h5-8,17H,3-4,9-12H2,1-2H3,(H,18,21). The summed E-state index contributed by atoms with van der Waals surface area (Å²) >= 11 is 0. The Balaban J connectivity index is 2.07. The largest absolute Gasteiger partial charge is 0.353 e. The van der Waals surface area contributed by atoms with E-state index in [-0.39, 0.29) is 18.1 Å². The van der Waals surface area contributed by atoms with Crippen LogP contribution in [0.1, 0.15) is 20.3 Å². The van der Waals surface area contributed by atoms with Crippen molar-refractivity contribution in [3.05, 3.63) is 34.7 Å². The molecule has 0 saturated heterocycles. The summed E-state index contributed by atoms with van der Waals surface area (Å²) < 4.78 is 3.22. The van der Waals surface area contributed by atoms with Gasteiger partial charge in [-0.25, -0.2) is 4.79 Å². The zero-order valence-electron chi connectivity index (χ0n) is 13.3. The highest BCUT2D eigenvalue weighted by atomic mass is 16.2. The number of rotatable bonds is 8. The quantitative estimate of drug-likeness (QED) is 0.713. The Morgan fingerprint density at radius 3 is 2.36 bits per heavy atom. The number of nitrogens with zero attached hydrogens (tertiary/aromatic N) is 2. The van der Waals surface area contributed by atoms with Gasteiger partial charge < -0.3 is 10.6 Å². The molecule has 120 valence electrons. The molecule has 0 atom stereocenters. The molecule has 22 heavy (non-hydrogen) atoms. The zero-order valence-corrected chi connectivity index (χ0v) is 13.3. The molecular formula is C16H24N4O2. The smallest absolute Gasteiger partial charge is 0.329 e. The lowest BCUT2D eigenvalue weighted by Gasteiger charge is -2.07. The maximum atomic E-state index is 12.4. The molecule has 1 amide bonds. The van der Waals surface area contributed by atoms with Crippen LogP contribution in [0.4, 0.5) is 0 Å². The SMILES string of the molecule is CCCNCCNC(=O)Cn1c(=O)n(CC)c2ccccc21. The molecule has 0 unspecified atom stereocenters. The van der Waals surface area contributed by atoms with E-state index in [0.717, 1.165) is 30.5 Å². The van der Waals surface area contributed by atoms with Gasteiger partial charge >= 0.3 is 5.69 Å². The van der Waals surface area contributed by atoms with Crippen LogP contribution in [0.3, 0.4) is 0 Å². The van der Waals surface area contributed by atoms with Gasteiger partial charge in [-0.05, 0) is 32.0 Å². The van der Waals surface area contributed by atoms with Gasteiger partial charge in [0.05, 0.1) is 11.0 Å². The Bertz CT molecular complexity index is 687. The van der Waals surface area contributed by atoms with E-state index in [2.05, 4.69) is 17.6 Å². The summed E-state index contributed by atoms with van der Waals surface area (Å²) in [6, 6.07) is 7.56. The second-order valence-corrected chi connectivity index (χ2v) is 5.20. The molecule has 6 nitrogen and oxygen atoms in total.